The van der Waals surface area contributed by atoms with Crippen LogP contribution in [0.1, 0.15) is 25.0 Å². The van der Waals surface area contributed by atoms with Crippen molar-refractivity contribution in [1.29, 1.82) is 0 Å². The largest absolute Gasteiger partial charge is 0.341 e. The highest BCUT2D eigenvalue weighted by Gasteiger charge is 2.22. The zero-order chi connectivity index (χ0) is 18.0. The van der Waals surface area contributed by atoms with Gasteiger partial charge in [0.1, 0.15) is 6.54 Å². The topological polar surface area (TPSA) is 45.6 Å². The third-order valence-electron chi connectivity index (χ3n) is 5.30. The van der Waals surface area contributed by atoms with Crippen LogP contribution in [0, 0.1) is 6.92 Å². The van der Waals surface area contributed by atoms with E-state index in [2.05, 4.69) is 19.0 Å². The Morgan fingerprint density at radius 3 is 2.72 bits per heavy atom. The monoisotopic (exact) mass is 341 g/mol. The van der Waals surface area contributed by atoms with Gasteiger partial charge in [-0.15, -0.1) is 0 Å². The van der Waals surface area contributed by atoms with Crippen LogP contribution in [0.2, 0.25) is 0 Å². The first-order valence-corrected chi connectivity index (χ1v) is 9.01. The molecule has 0 unspecified atom stereocenters. The highest BCUT2D eigenvalue weighted by atomic mass is 16.2. The first kappa shape index (κ1) is 17.7. The zero-order valence-corrected chi connectivity index (χ0v) is 15.4. The fourth-order valence-corrected chi connectivity index (χ4v) is 3.74. The Morgan fingerprint density at radius 1 is 1.20 bits per heavy atom. The molecule has 134 valence electrons. The number of likely N-dealkylation sites (tertiary alicyclic amines) is 1. The second kappa shape index (κ2) is 7.40. The highest BCUT2D eigenvalue weighted by molar-refractivity contribution is 5.82. The summed E-state index contributed by atoms with van der Waals surface area (Å²) in [5.74, 6) is 0.135. The van der Waals surface area contributed by atoms with Gasteiger partial charge in [0, 0.05) is 36.3 Å². The number of hydrogen-bond donors (Lipinski definition) is 0. The van der Waals surface area contributed by atoms with E-state index in [1.165, 1.54) is 0 Å². The van der Waals surface area contributed by atoms with Crippen LogP contribution in [0.3, 0.4) is 0 Å². The van der Waals surface area contributed by atoms with E-state index >= 15 is 0 Å². The predicted octanol–water partition coefficient (Wildman–Crippen LogP) is 2.25. The summed E-state index contributed by atoms with van der Waals surface area (Å²) in [6.07, 6.45) is 3.19. The van der Waals surface area contributed by atoms with Crippen molar-refractivity contribution in [2.75, 3.05) is 27.2 Å². The van der Waals surface area contributed by atoms with Crippen LogP contribution >= 0.6 is 0 Å². The van der Waals surface area contributed by atoms with Gasteiger partial charge in [-0.3, -0.25) is 9.59 Å². The quantitative estimate of drug-likeness (QED) is 0.860. The minimum absolute atomic E-state index is 0.0143. The molecule has 1 atom stereocenters. The fourth-order valence-electron chi connectivity index (χ4n) is 3.74. The van der Waals surface area contributed by atoms with Crippen molar-refractivity contribution in [3.63, 3.8) is 0 Å². The maximum Gasteiger partial charge on any atom is 0.242 e. The molecule has 1 fully saturated rings. The summed E-state index contributed by atoms with van der Waals surface area (Å²) >= 11 is 0. The summed E-state index contributed by atoms with van der Waals surface area (Å²) in [5.41, 5.74) is 1.68. The van der Waals surface area contributed by atoms with Crippen molar-refractivity contribution in [3.05, 3.63) is 46.2 Å². The van der Waals surface area contributed by atoms with Crippen molar-refractivity contribution in [2.45, 2.75) is 38.8 Å². The second-order valence-electron chi connectivity index (χ2n) is 7.18. The van der Waals surface area contributed by atoms with Crippen molar-refractivity contribution < 1.29 is 4.79 Å². The third-order valence-corrected chi connectivity index (χ3v) is 5.30. The average Bonchev–Trinajstić information content (AvgIpc) is 2.85. The molecule has 2 heterocycles. The number of benzene rings is 1. The van der Waals surface area contributed by atoms with E-state index in [0.717, 1.165) is 43.6 Å². The molecule has 1 aromatic carbocycles. The summed E-state index contributed by atoms with van der Waals surface area (Å²) in [6, 6.07) is 9.69. The van der Waals surface area contributed by atoms with E-state index < -0.39 is 0 Å². The summed E-state index contributed by atoms with van der Waals surface area (Å²) in [7, 11) is 4.22. The fraction of sp³-hybridized carbons (Fsp3) is 0.500. The van der Waals surface area contributed by atoms with Crippen molar-refractivity contribution in [3.8, 4) is 0 Å². The predicted molar refractivity (Wildman–Crippen MR) is 101 cm³/mol. The van der Waals surface area contributed by atoms with Gasteiger partial charge < -0.3 is 14.4 Å². The first-order valence-electron chi connectivity index (χ1n) is 9.01. The number of para-hydroxylation sites is 1. The number of nitrogens with zero attached hydrogens (tertiary/aromatic N) is 3. The Balaban J connectivity index is 1.82. The smallest absolute Gasteiger partial charge is 0.242 e. The molecule has 1 aromatic heterocycles. The van der Waals surface area contributed by atoms with Gasteiger partial charge in [0.2, 0.25) is 5.91 Å². The number of hydrogen-bond acceptors (Lipinski definition) is 3. The molecule has 1 saturated heterocycles. The van der Waals surface area contributed by atoms with Gasteiger partial charge in [0.05, 0.1) is 5.52 Å². The lowest BCUT2D eigenvalue weighted by molar-refractivity contribution is -0.131. The van der Waals surface area contributed by atoms with Crippen molar-refractivity contribution in [1.82, 2.24) is 14.4 Å². The van der Waals surface area contributed by atoms with E-state index in [1.54, 1.807) is 6.07 Å². The Morgan fingerprint density at radius 2 is 1.96 bits per heavy atom. The van der Waals surface area contributed by atoms with Crippen LogP contribution in [0.15, 0.2) is 35.1 Å². The molecule has 5 nitrogen and oxygen atoms in total. The van der Waals surface area contributed by atoms with Gasteiger partial charge in [0.15, 0.2) is 5.43 Å². The molecule has 2 aromatic rings. The number of aromatic nitrogens is 1. The molecule has 0 bridgehead atoms. The lowest BCUT2D eigenvalue weighted by atomic mass is 10.1. The number of fused-ring (bicyclic) bond motifs is 1. The van der Waals surface area contributed by atoms with Gasteiger partial charge in [-0.1, -0.05) is 12.1 Å². The van der Waals surface area contributed by atoms with Gasteiger partial charge >= 0.3 is 0 Å². The molecule has 0 aliphatic carbocycles. The van der Waals surface area contributed by atoms with Crippen LogP contribution in [-0.2, 0) is 11.3 Å². The zero-order valence-electron chi connectivity index (χ0n) is 15.4. The third kappa shape index (κ3) is 3.76. The summed E-state index contributed by atoms with van der Waals surface area (Å²) < 4.78 is 1.97. The van der Waals surface area contributed by atoms with E-state index in [4.69, 9.17) is 0 Å². The van der Waals surface area contributed by atoms with Gasteiger partial charge in [-0.2, -0.15) is 0 Å². The van der Waals surface area contributed by atoms with Crippen LogP contribution in [0.25, 0.3) is 10.9 Å². The molecule has 3 rings (SSSR count). The Hall–Kier alpha value is -2.14. The van der Waals surface area contributed by atoms with Crippen LogP contribution in [0.4, 0.5) is 0 Å². The SMILES string of the molecule is Cc1cc(=O)c2ccccc2n1CC(=O)N1CCC[C@@H](N(C)C)CC1. The van der Waals surface area contributed by atoms with E-state index in [9.17, 15) is 9.59 Å². The molecule has 0 spiro atoms. The maximum atomic E-state index is 12.9. The Bertz CT molecular complexity index is 825. The first-order chi connectivity index (χ1) is 12.0. The molecule has 1 aliphatic rings. The van der Waals surface area contributed by atoms with Gasteiger partial charge in [-0.05, 0) is 52.4 Å². The molecule has 0 N–H and O–H groups in total. The molecule has 1 aliphatic heterocycles. The van der Waals surface area contributed by atoms with Crippen LogP contribution < -0.4 is 5.43 Å². The minimum atomic E-state index is 0.0143. The molecular formula is C20H27N3O2. The highest BCUT2D eigenvalue weighted by Crippen LogP contribution is 2.17. The molecule has 25 heavy (non-hydrogen) atoms. The number of carbonyl (C=O) groups is 1. The van der Waals surface area contributed by atoms with Crippen LogP contribution in [0.5, 0.6) is 0 Å². The summed E-state index contributed by atoms with van der Waals surface area (Å²) in [4.78, 5) is 29.3. The number of pyridine rings is 1. The molecule has 5 heteroatoms. The molecular weight excluding hydrogens is 314 g/mol. The number of aryl methyl sites for hydroxylation is 1. The minimum Gasteiger partial charge on any atom is -0.341 e. The Kier molecular flexibility index (Phi) is 5.23. The lowest BCUT2D eigenvalue weighted by Crippen LogP contribution is -2.36. The molecule has 0 radical (unpaired) electrons. The normalized spacial score (nSPS) is 18.6. The van der Waals surface area contributed by atoms with Crippen LogP contribution in [-0.4, -0.2) is 53.5 Å². The average molecular weight is 341 g/mol. The van der Waals surface area contributed by atoms with E-state index in [0.29, 0.717) is 18.0 Å². The van der Waals surface area contributed by atoms with E-state index in [1.807, 2.05) is 40.7 Å². The lowest BCUT2D eigenvalue weighted by Gasteiger charge is -2.24. The second-order valence-corrected chi connectivity index (χ2v) is 7.18. The standard InChI is InChI=1S/C20H27N3O2/c1-15-13-19(24)17-8-4-5-9-18(17)23(15)14-20(25)22-11-6-7-16(10-12-22)21(2)3/h4-5,8-9,13,16H,6-7,10-12,14H2,1-3H3/t16-/m1/s1. The number of rotatable bonds is 3. The Labute approximate surface area is 148 Å². The van der Waals surface area contributed by atoms with E-state index in [-0.39, 0.29) is 11.3 Å². The van der Waals surface area contributed by atoms with Gasteiger partial charge in [0.25, 0.3) is 0 Å². The molecule has 0 saturated carbocycles. The summed E-state index contributed by atoms with van der Waals surface area (Å²) in [5, 5.41) is 0.671. The van der Waals surface area contributed by atoms with Crippen molar-refractivity contribution in [2.24, 2.45) is 0 Å². The number of carbonyl (C=O) groups excluding carboxylic acids is 1. The number of amides is 1. The van der Waals surface area contributed by atoms with Gasteiger partial charge in [-0.25, -0.2) is 0 Å². The maximum absolute atomic E-state index is 12.9. The van der Waals surface area contributed by atoms with Crippen molar-refractivity contribution >= 4 is 16.8 Å². The summed E-state index contributed by atoms with van der Waals surface area (Å²) in [6.45, 7) is 3.81. The molecule has 1 amide bonds.